The Bertz CT molecular complexity index is 1130. The number of carbonyl (C=O) groups excluding carboxylic acids is 1. The Labute approximate surface area is 168 Å². The van der Waals surface area contributed by atoms with Gasteiger partial charge >= 0.3 is 0 Å². The highest BCUT2D eigenvalue weighted by Gasteiger charge is 2.16. The van der Waals surface area contributed by atoms with Crippen molar-refractivity contribution >= 4 is 22.9 Å². The van der Waals surface area contributed by atoms with Crippen molar-refractivity contribution in [1.29, 1.82) is 0 Å². The highest BCUT2D eigenvalue weighted by Crippen LogP contribution is 2.16. The summed E-state index contributed by atoms with van der Waals surface area (Å²) in [5.74, 6) is -0.0948. The van der Waals surface area contributed by atoms with Gasteiger partial charge in [0, 0.05) is 11.6 Å². The molecular weight excluding hydrogens is 364 g/mol. The van der Waals surface area contributed by atoms with E-state index in [9.17, 15) is 9.59 Å². The average Bonchev–Trinajstić information content (AvgIpc) is 2.77. The predicted octanol–water partition coefficient (Wildman–Crippen LogP) is 3.52. The van der Waals surface area contributed by atoms with E-state index in [1.165, 1.54) is 4.68 Å². The molecule has 0 saturated heterocycles. The van der Waals surface area contributed by atoms with E-state index in [0.717, 1.165) is 24.8 Å². The molecule has 6 nitrogen and oxygen atoms in total. The standard InChI is InChI=1S/C23H22N4O2/c28-22(25-24-15-17-9-3-1-4-10-17)21-19-13-7-8-14-20(19)23(29)27(26-21)16-18-11-5-2-6-12-18/h1-3,5-8,11-15,17H,4,9-10,16H2,(H,25,28)/b24-15-/t17-/m1/s1. The number of benzene rings is 2. The van der Waals surface area contributed by atoms with Crippen LogP contribution in [0.5, 0.6) is 0 Å². The SMILES string of the molecule is O=C(N/N=C\[C@@H]1CC=CCC1)c1nn(Cc2ccccc2)c(=O)c2ccccc12. The molecule has 2 aromatic carbocycles. The monoisotopic (exact) mass is 386 g/mol. The van der Waals surface area contributed by atoms with E-state index < -0.39 is 5.91 Å². The molecule has 3 aromatic rings. The van der Waals surface area contributed by atoms with E-state index in [-0.39, 0.29) is 11.3 Å². The van der Waals surface area contributed by atoms with Crippen molar-refractivity contribution in [1.82, 2.24) is 15.2 Å². The number of aromatic nitrogens is 2. The number of hydrazone groups is 1. The van der Waals surface area contributed by atoms with Crippen LogP contribution in [-0.2, 0) is 6.54 Å². The quantitative estimate of drug-likeness (QED) is 0.414. The van der Waals surface area contributed by atoms with Crippen molar-refractivity contribution in [3.8, 4) is 0 Å². The smallest absolute Gasteiger partial charge is 0.267 e. The number of allylic oxidation sites excluding steroid dienone is 2. The van der Waals surface area contributed by atoms with Crippen LogP contribution in [-0.4, -0.2) is 21.9 Å². The molecule has 29 heavy (non-hydrogen) atoms. The van der Waals surface area contributed by atoms with Gasteiger partial charge in [-0.25, -0.2) is 10.1 Å². The Kier molecular flexibility index (Phi) is 5.61. The van der Waals surface area contributed by atoms with Crippen LogP contribution < -0.4 is 11.0 Å². The Morgan fingerprint density at radius 3 is 2.62 bits per heavy atom. The lowest BCUT2D eigenvalue weighted by molar-refractivity contribution is 0.0949. The fourth-order valence-corrected chi connectivity index (χ4v) is 3.47. The molecule has 1 N–H and O–H groups in total. The molecule has 146 valence electrons. The Morgan fingerprint density at radius 1 is 1.10 bits per heavy atom. The van der Waals surface area contributed by atoms with Crippen molar-refractivity contribution < 1.29 is 4.79 Å². The summed E-state index contributed by atoms with van der Waals surface area (Å²) < 4.78 is 1.34. The Hall–Kier alpha value is -3.54. The van der Waals surface area contributed by atoms with Crippen molar-refractivity contribution in [2.75, 3.05) is 0 Å². The highest BCUT2D eigenvalue weighted by molar-refractivity contribution is 6.04. The van der Waals surface area contributed by atoms with Crippen molar-refractivity contribution in [3.63, 3.8) is 0 Å². The Balaban J connectivity index is 1.64. The minimum absolute atomic E-state index is 0.192. The summed E-state index contributed by atoms with van der Waals surface area (Å²) in [6.07, 6.45) is 9.07. The molecule has 0 saturated carbocycles. The molecule has 1 heterocycles. The highest BCUT2D eigenvalue weighted by atomic mass is 16.2. The first-order valence-electron chi connectivity index (χ1n) is 9.74. The molecule has 0 fully saturated rings. The Morgan fingerprint density at radius 2 is 1.86 bits per heavy atom. The van der Waals surface area contributed by atoms with Crippen LogP contribution in [0.2, 0.25) is 0 Å². The lowest BCUT2D eigenvalue weighted by atomic mass is 9.96. The number of hydrogen-bond donors (Lipinski definition) is 1. The van der Waals surface area contributed by atoms with Crippen LogP contribution in [0, 0.1) is 5.92 Å². The molecule has 0 aliphatic heterocycles. The number of fused-ring (bicyclic) bond motifs is 1. The first kappa shape index (κ1) is 18.8. The maximum atomic E-state index is 12.9. The van der Waals surface area contributed by atoms with Crippen LogP contribution in [0.1, 0.15) is 35.3 Å². The van der Waals surface area contributed by atoms with Gasteiger partial charge in [0.1, 0.15) is 0 Å². The number of nitrogens with zero attached hydrogens (tertiary/aromatic N) is 3. The molecule has 0 bridgehead atoms. The van der Waals surface area contributed by atoms with Crippen molar-refractivity contribution in [2.45, 2.75) is 25.8 Å². The van der Waals surface area contributed by atoms with Gasteiger partial charge < -0.3 is 0 Å². The number of hydrogen-bond acceptors (Lipinski definition) is 4. The van der Waals surface area contributed by atoms with Gasteiger partial charge in [-0.15, -0.1) is 0 Å². The third kappa shape index (κ3) is 4.32. The molecule has 1 aliphatic carbocycles. The summed E-state index contributed by atoms with van der Waals surface area (Å²) >= 11 is 0. The fraction of sp³-hybridized carbons (Fsp3) is 0.217. The molecule has 1 aromatic heterocycles. The second kappa shape index (κ2) is 8.65. The van der Waals surface area contributed by atoms with E-state index in [1.807, 2.05) is 30.3 Å². The first-order chi connectivity index (χ1) is 14.2. The van der Waals surface area contributed by atoms with Gasteiger partial charge in [0.15, 0.2) is 5.69 Å². The number of carbonyl (C=O) groups is 1. The topological polar surface area (TPSA) is 76.3 Å². The van der Waals surface area contributed by atoms with E-state index in [4.69, 9.17) is 0 Å². The van der Waals surface area contributed by atoms with Gasteiger partial charge in [-0.3, -0.25) is 9.59 Å². The van der Waals surface area contributed by atoms with Gasteiger partial charge in [0.05, 0.1) is 11.9 Å². The molecule has 4 rings (SSSR count). The van der Waals surface area contributed by atoms with Crippen molar-refractivity contribution in [3.05, 3.63) is 88.4 Å². The zero-order valence-electron chi connectivity index (χ0n) is 16.0. The van der Waals surface area contributed by atoms with Gasteiger partial charge in [-0.2, -0.15) is 10.2 Å². The van der Waals surface area contributed by atoms with E-state index in [0.29, 0.717) is 23.2 Å². The molecule has 0 spiro atoms. The molecule has 0 unspecified atom stereocenters. The third-order valence-electron chi connectivity index (χ3n) is 5.02. The molecule has 1 amide bonds. The number of rotatable bonds is 5. The van der Waals surface area contributed by atoms with Crippen LogP contribution in [0.3, 0.4) is 0 Å². The second-order valence-electron chi connectivity index (χ2n) is 7.11. The summed E-state index contributed by atoms with van der Waals surface area (Å²) in [6, 6.07) is 16.6. The number of amides is 1. The lowest BCUT2D eigenvalue weighted by Gasteiger charge is -2.12. The first-order valence-corrected chi connectivity index (χ1v) is 9.74. The number of nitrogens with one attached hydrogen (secondary N) is 1. The van der Waals surface area contributed by atoms with Gasteiger partial charge in [-0.05, 0) is 36.8 Å². The second-order valence-corrected chi connectivity index (χ2v) is 7.11. The van der Waals surface area contributed by atoms with Crippen LogP contribution >= 0.6 is 0 Å². The summed E-state index contributed by atoms with van der Waals surface area (Å²) in [7, 11) is 0. The largest absolute Gasteiger partial charge is 0.292 e. The molecule has 1 aliphatic rings. The normalized spacial score (nSPS) is 16.3. The van der Waals surface area contributed by atoms with Gasteiger partial charge in [0.25, 0.3) is 11.5 Å². The zero-order chi connectivity index (χ0) is 20.1. The zero-order valence-corrected chi connectivity index (χ0v) is 16.0. The summed E-state index contributed by atoms with van der Waals surface area (Å²) in [6.45, 7) is 0.294. The molecule has 6 heteroatoms. The predicted molar refractivity (Wildman–Crippen MR) is 114 cm³/mol. The summed E-state index contributed by atoms with van der Waals surface area (Å²) in [5.41, 5.74) is 3.48. The minimum Gasteiger partial charge on any atom is -0.267 e. The maximum absolute atomic E-state index is 12.9. The van der Waals surface area contributed by atoms with E-state index in [1.54, 1.807) is 30.5 Å². The lowest BCUT2D eigenvalue weighted by Crippen LogP contribution is -2.29. The molecular formula is C23H22N4O2. The molecule has 1 atom stereocenters. The fourth-order valence-electron chi connectivity index (χ4n) is 3.47. The van der Waals surface area contributed by atoms with Gasteiger partial charge in [0.2, 0.25) is 0 Å². The summed E-state index contributed by atoms with van der Waals surface area (Å²) in [5, 5.41) is 9.48. The molecule has 0 radical (unpaired) electrons. The third-order valence-corrected chi connectivity index (χ3v) is 5.02. The van der Waals surface area contributed by atoms with Crippen LogP contribution in [0.15, 0.2) is 76.6 Å². The van der Waals surface area contributed by atoms with Gasteiger partial charge in [-0.1, -0.05) is 60.7 Å². The van der Waals surface area contributed by atoms with E-state index >= 15 is 0 Å². The van der Waals surface area contributed by atoms with E-state index in [2.05, 4.69) is 27.8 Å². The maximum Gasteiger partial charge on any atom is 0.292 e. The van der Waals surface area contributed by atoms with Crippen LogP contribution in [0.4, 0.5) is 0 Å². The van der Waals surface area contributed by atoms with Crippen molar-refractivity contribution in [2.24, 2.45) is 11.0 Å². The average molecular weight is 386 g/mol. The minimum atomic E-state index is -0.425. The van der Waals surface area contributed by atoms with Crippen LogP contribution in [0.25, 0.3) is 10.8 Å². The summed E-state index contributed by atoms with van der Waals surface area (Å²) in [4.78, 5) is 25.7.